The Morgan fingerprint density at radius 2 is 1.74 bits per heavy atom. The van der Waals surface area contributed by atoms with Crippen LogP contribution in [-0.4, -0.2) is 62.2 Å². The first kappa shape index (κ1) is 15.3. The highest BCUT2D eigenvalue weighted by Crippen LogP contribution is 2.26. The maximum absolute atomic E-state index is 3.48. The van der Waals surface area contributed by atoms with Gasteiger partial charge in [-0.25, -0.2) is 0 Å². The second-order valence-corrected chi connectivity index (χ2v) is 6.85. The summed E-state index contributed by atoms with van der Waals surface area (Å²) in [6.07, 6.45) is 5.55. The van der Waals surface area contributed by atoms with Crippen LogP contribution in [0.3, 0.4) is 0 Å². The zero-order valence-corrected chi connectivity index (χ0v) is 13.4. The minimum absolute atomic E-state index is 0.717. The summed E-state index contributed by atoms with van der Waals surface area (Å²) in [6, 6.07) is 1.45. The molecule has 0 spiro atoms. The normalized spacial score (nSPS) is 35.7. The molecule has 0 aromatic heterocycles. The molecule has 19 heavy (non-hydrogen) atoms. The third-order valence-electron chi connectivity index (χ3n) is 5.73. The summed E-state index contributed by atoms with van der Waals surface area (Å²) >= 11 is 0. The van der Waals surface area contributed by atoms with Crippen molar-refractivity contribution in [2.75, 3.05) is 40.3 Å². The fourth-order valence-corrected chi connectivity index (χ4v) is 3.86. The largest absolute Gasteiger partial charge is 0.317 e. The second-order valence-electron chi connectivity index (χ2n) is 6.85. The van der Waals surface area contributed by atoms with Gasteiger partial charge < -0.3 is 15.1 Å². The van der Waals surface area contributed by atoms with Gasteiger partial charge in [0.25, 0.3) is 0 Å². The summed E-state index contributed by atoms with van der Waals surface area (Å²) in [7, 11) is 4.37. The van der Waals surface area contributed by atoms with Gasteiger partial charge in [-0.05, 0) is 84.7 Å². The second kappa shape index (κ2) is 7.05. The Morgan fingerprint density at radius 1 is 1.05 bits per heavy atom. The van der Waals surface area contributed by atoms with Gasteiger partial charge in [0.1, 0.15) is 0 Å². The molecule has 2 saturated heterocycles. The molecule has 2 rings (SSSR count). The fourth-order valence-electron chi connectivity index (χ4n) is 3.86. The molecule has 0 aliphatic carbocycles. The average molecular weight is 267 g/mol. The van der Waals surface area contributed by atoms with Crippen LogP contribution in [0.4, 0.5) is 0 Å². The number of hydrogen-bond acceptors (Lipinski definition) is 3. The molecule has 0 aromatic rings. The van der Waals surface area contributed by atoms with Crippen LogP contribution < -0.4 is 5.32 Å². The zero-order chi connectivity index (χ0) is 13.8. The highest BCUT2D eigenvalue weighted by Gasteiger charge is 2.31. The maximum Gasteiger partial charge on any atom is 0.0117 e. The van der Waals surface area contributed by atoms with Crippen molar-refractivity contribution >= 4 is 0 Å². The number of nitrogens with one attached hydrogen (secondary N) is 1. The van der Waals surface area contributed by atoms with Crippen molar-refractivity contribution in [1.82, 2.24) is 15.1 Å². The first-order valence-corrected chi connectivity index (χ1v) is 8.21. The smallest absolute Gasteiger partial charge is 0.0117 e. The molecular weight excluding hydrogens is 234 g/mol. The van der Waals surface area contributed by atoms with E-state index < -0.39 is 0 Å². The monoisotopic (exact) mass is 267 g/mol. The van der Waals surface area contributed by atoms with Crippen molar-refractivity contribution in [2.24, 2.45) is 11.8 Å². The van der Waals surface area contributed by atoms with Gasteiger partial charge in [0.15, 0.2) is 0 Å². The molecule has 2 heterocycles. The Labute approximate surface area is 119 Å². The summed E-state index contributed by atoms with van der Waals surface area (Å²) in [5.41, 5.74) is 0. The number of nitrogens with zero attached hydrogens (tertiary/aromatic N) is 2. The van der Waals surface area contributed by atoms with Crippen LogP contribution in [0.15, 0.2) is 0 Å². The van der Waals surface area contributed by atoms with E-state index in [2.05, 4.69) is 43.1 Å². The highest BCUT2D eigenvalue weighted by atomic mass is 15.2. The average Bonchev–Trinajstić information content (AvgIpc) is 2.42. The molecule has 2 aliphatic rings. The van der Waals surface area contributed by atoms with Crippen LogP contribution in [0.1, 0.15) is 39.5 Å². The quantitative estimate of drug-likeness (QED) is 0.841. The standard InChI is InChI=1S/C16H33N3/c1-13-14(2)19(12-8-16(13)17-3)11-7-15-5-9-18(4)10-6-15/h13-17H,5-12H2,1-4H3. The van der Waals surface area contributed by atoms with Gasteiger partial charge in [-0.3, -0.25) is 0 Å². The first-order valence-electron chi connectivity index (χ1n) is 8.21. The Balaban J connectivity index is 1.74. The van der Waals surface area contributed by atoms with Gasteiger partial charge >= 0.3 is 0 Å². The highest BCUT2D eigenvalue weighted by molar-refractivity contribution is 4.88. The lowest BCUT2D eigenvalue weighted by Crippen LogP contribution is -2.53. The first-order chi connectivity index (χ1) is 9.11. The topological polar surface area (TPSA) is 18.5 Å². The van der Waals surface area contributed by atoms with Crippen LogP contribution in [0.25, 0.3) is 0 Å². The minimum Gasteiger partial charge on any atom is -0.317 e. The molecular formula is C16H33N3. The lowest BCUT2D eigenvalue weighted by molar-refractivity contribution is 0.0773. The molecule has 1 N–H and O–H groups in total. The molecule has 2 aliphatic heterocycles. The van der Waals surface area contributed by atoms with E-state index in [0.717, 1.165) is 23.9 Å². The van der Waals surface area contributed by atoms with E-state index in [1.54, 1.807) is 0 Å². The Bertz CT molecular complexity index is 261. The van der Waals surface area contributed by atoms with Gasteiger partial charge in [-0.2, -0.15) is 0 Å². The SMILES string of the molecule is CNC1CCN(CCC2CCN(C)CC2)C(C)C1C. The van der Waals surface area contributed by atoms with Gasteiger partial charge in [-0.1, -0.05) is 6.92 Å². The minimum atomic E-state index is 0.717. The Kier molecular flexibility index (Phi) is 5.67. The van der Waals surface area contributed by atoms with E-state index in [4.69, 9.17) is 0 Å². The third-order valence-corrected chi connectivity index (χ3v) is 5.73. The number of likely N-dealkylation sites (tertiary alicyclic amines) is 2. The van der Waals surface area contributed by atoms with Crippen LogP contribution >= 0.6 is 0 Å². The van der Waals surface area contributed by atoms with E-state index in [1.165, 1.54) is 51.9 Å². The van der Waals surface area contributed by atoms with Crippen LogP contribution in [-0.2, 0) is 0 Å². The van der Waals surface area contributed by atoms with Crippen LogP contribution in [0, 0.1) is 11.8 Å². The fraction of sp³-hybridized carbons (Fsp3) is 1.00. The Hall–Kier alpha value is -0.120. The van der Waals surface area contributed by atoms with Crippen molar-refractivity contribution in [2.45, 2.75) is 51.6 Å². The van der Waals surface area contributed by atoms with Crippen molar-refractivity contribution in [3.05, 3.63) is 0 Å². The van der Waals surface area contributed by atoms with Crippen molar-refractivity contribution in [3.8, 4) is 0 Å². The van der Waals surface area contributed by atoms with Gasteiger partial charge in [0.2, 0.25) is 0 Å². The Morgan fingerprint density at radius 3 is 2.37 bits per heavy atom. The molecule has 3 unspecified atom stereocenters. The van der Waals surface area contributed by atoms with E-state index >= 15 is 0 Å². The molecule has 0 radical (unpaired) electrons. The van der Waals surface area contributed by atoms with Crippen LogP contribution in [0.2, 0.25) is 0 Å². The van der Waals surface area contributed by atoms with Crippen LogP contribution in [0.5, 0.6) is 0 Å². The van der Waals surface area contributed by atoms with Gasteiger partial charge in [-0.15, -0.1) is 0 Å². The molecule has 0 bridgehead atoms. The lowest BCUT2D eigenvalue weighted by Gasteiger charge is -2.43. The third kappa shape index (κ3) is 3.93. The zero-order valence-electron chi connectivity index (χ0n) is 13.4. The lowest BCUT2D eigenvalue weighted by atomic mass is 9.86. The van der Waals surface area contributed by atoms with E-state index in [0.29, 0.717) is 0 Å². The van der Waals surface area contributed by atoms with Crippen molar-refractivity contribution in [1.29, 1.82) is 0 Å². The van der Waals surface area contributed by atoms with E-state index in [-0.39, 0.29) is 0 Å². The van der Waals surface area contributed by atoms with Crippen molar-refractivity contribution < 1.29 is 0 Å². The molecule has 3 nitrogen and oxygen atoms in total. The number of hydrogen-bond donors (Lipinski definition) is 1. The molecule has 0 saturated carbocycles. The maximum atomic E-state index is 3.48. The van der Waals surface area contributed by atoms with Gasteiger partial charge in [0, 0.05) is 12.1 Å². The van der Waals surface area contributed by atoms with E-state index in [1.807, 2.05) is 0 Å². The summed E-state index contributed by atoms with van der Waals surface area (Å²) in [5, 5.41) is 3.48. The molecule has 3 heteroatoms. The summed E-state index contributed by atoms with van der Waals surface area (Å²) in [6.45, 7) is 10.0. The summed E-state index contributed by atoms with van der Waals surface area (Å²) in [4.78, 5) is 5.20. The number of piperidine rings is 2. The summed E-state index contributed by atoms with van der Waals surface area (Å²) in [5.74, 6) is 1.75. The number of rotatable bonds is 4. The molecule has 0 amide bonds. The molecule has 2 fully saturated rings. The predicted octanol–water partition coefficient (Wildman–Crippen LogP) is 2.04. The molecule has 3 atom stereocenters. The van der Waals surface area contributed by atoms with Crippen molar-refractivity contribution in [3.63, 3.8) is 0 Å². The molecule has 0 aromatic carbocycles. The van der Waals surface area contributed by atoms with E-state index in [9.17, 15) is 0 Å². The molecule has 112 valence electrons. The predicted molar refractivity (Wildman–Crippen MR) is 82.5 cm³/mol. The van der Waals surface area contributed by atoms with Gasteiger partial charge in [0.05, 0.1) is 0 Å². The summed E-state index contributed by atoms with van der Waals surface area (Å²) < 4.78 is 0.